The predicted molar refractivity (Wildman–Crippen MR) is 116 cm³/mol. The monoisotopic (exact) mass is 473 g/mol. The maximum atomic E-state index is 5.54. The van der Waals surface area contributed by atoms with Gasteiger partial charge in [-0.2, -0.15) is 23.5 Å². The van der Waals surface area contributed by atoms with Gasteiger partial charge in [0.25, 0.3) is 0 Å². The normalized spacial score (nSPS) is 27.3. The summed E-state index contributed by atoms with van der Waals surface area (Å²) in [5.74, 6) is 3.39. The molecule has 7 heteroatoms. The highest BCUT2D eigenvalue weighted by atomic mass is 127. The third-order valence-electron chi connectivity index (χ3n) is 4.59. The summed E-state index contributed by atoms with van der Waals surface area (Å²) in [6.45, 7) is 8.34. The Balaban J connectivity index is 0.00000264. The minimum atomic E-state index is 0. The Bertz CT molecular complexity index is 365. The van der Waals surface area contributed by atoms with Crippen molar-refractivity contribution in [1.82, 2.24) is 10.6 Å². The Morgan fingerprint density at radius 2 is 1.91 bits per heavy atom. The van der Waals surface area contributed by atoms with E-state index in [-0.39, 0.29) is 24.0 Å². The van der Waals surface area contributed by atoms with E-state index >= 15 is 0 Å². The number of hydrogen-bond acceptors (Lipinski definition) is 4. The number of nitrogens with zero attached hydrogens (tertiary/aromatic N) is 1. The third kappa shape index (κ3) is 6.82. The van der Waals surface area contributed by atoms with Crippen LogP contribution in [0.15, 0.2) is 4.99 Å². The Hall–Kier alpha value is 0.660. The molecule has 2 aliphatic rings. The van der Waals surface area contributed by atoms with Crippen molar-refractivity contribution in [3.63, 3.8) is 0 Å². The average Bonchev–Trinajstić information content (AvgIpc) is 2.96. The fourth-order valence-corrected chi connectivity index (χ4v) is 5.62. The van der Waals surface area contributed by atoms with E-state index < -0.39 is 0 Å². The molecular weight excluding hydrogens is 441 g/mol. The maximum Gasteiger partial charge on any atom is 0.191 e. The standard InChI is InChI=1S/C16H31N3OS2.HI/c1-4-21-16(7-9-20-10-8-16)13-19-14(17-3)18-12-15(2)6-5-11-22-15;/h4-13H2,1-3H3,(H2,17,18,19);1H. The first-order valence-corrected chi connectivity index (χ1v) is 10.4. The van der Waals surface area contributed by atoms with E-state index in [1.165, 1.54) is 18.6 Å². The number of halogens is 1. The molecule has 2 aliphatic heterocycles. The van der Waals surface area contributed by atoms with Gasteiger partial charge in [-0.25, -0.2) is 0 Å². The van der Waals surface area contributed by atoms with Gasteiger partial charge in [-0.05, 0) is 44.1 Å². The van der Waals surface area contributed by atoms with Crippen molar-refractivity contribution in [2.24, 2.45) is 4.99 Å². The van der Waals surface area contributed by atoms with E-state index in [2.05, 4.69) is 53.0 Å². The molecule has 0 aliphatic carbocycles. The van der Waals surface area contributed by atoms with Crippen molar-refractivity contribution in [1.29, 1.82) is 0 Å². The molecule has 0 aromatic carbocycles. The fraction of sp³-hybridized carbons (Fsp3) is 0.938. The average molecular weight is 473 g/mol. The zero-order valence-corrected chi connectivity index (χ0v) is 18.6. The minimum Gasteiger partial charge on any atom is -0.381 e. The van der Waals surface area contributed by atoms with Crippen LogP contribution in [-0.2, 0) is 4.74 Å². The molecule has 2 N–H and O–H groups in total. The summed E-state index contributed by atoms with van der Waals surface area (Å²) in [5.41, 5.74) is 0. The van der Waals surface area contributed by atoms with E-state index in [1.54, 1.807) is 0 Å². The lowest BCUT2D eigenvalue weighted by Crippen LogP contribution is -2.50. The van der Waals surface area contributed by atoms with Crippen LogP contribution in [0.3, 0.4) is 0 Å². The Labute approximate surface area is 167 Å². The molecule has 0 aromatic rings. The second-order valence-electron chi connectivity index (χ2n) is 6.41. The summed E-state index contributed by atoms with van der Waals surface area (Å²) in [7, 11) is 1.86. The Morgan fingerprint density at radius 3 is 2.48 bits per heavy atom. The van der Waals surface area contributed by atoms with Crippen LogP contribution in [0.25, 0.3) is 0 Å². The van der Waals surface area contributed by atoms with Crippen molar-refractivity contribution in [3.05, 3.63) is 0 Å². The number of aliphatic imine (C=N–C) groups is 1. The molecule has 0 bridgehead atoms. The van der Waals surface area contributed by atoms with Gasteiger partial charge in [-0.15, -0.1) is 24.0 Å². The maximum absolute atomic E-state index is 5.54. The third-order valence-corrected chi connectivity index (χ3v) is 7.58. The molecule has 2 heterocycles. The second-order valence-corrected chi connectivity index (χ2v) is 9.82. The van der Waals surface area contributed by atoms with Crippen LogP contribution in [-0.4, -0.2) is 60.3 Å². The Morgan fingerprint density at radius 1 is 1.22 bits per heavy atom. The quantitative estimate of drug-likeness (QED) is 0.352. The molecule has 0 spiro atoms. The van der Waals surface area contributed by atoms with Crippen LogP contribution in [0.4, 0.5) is 0 Å². The Kier molecular flexibility index (Phi) is 10.0. The number of nitrogens with one attached hydrogen (secondary N) is 2. The molecule has 2 saturated heterocycles. The number of rotatable bonds is 6. The van der Waals surface area contributed by atoms with E-state index in [9.17, 15) is 0 Å². The number of thioether (sulfide) groups is 2. The summed E-state index contributed by atoms with van der Waals surface area (Å²) in [6, 6.07) is 0. The molecule has 4 nitrogen and oxygen atoms in total. The van der Waals surface area contributed by atoms with Crippen molar-refractivity contribution < 1.29 is 4.74 Å². The zero-order chi connectivity index (χ0) is 15.9. The van der Waals surface area contributed by atoms with E-state index in [4.69, 9.17) is 4.74 Å². The van der Waals surface area contributed by atoms with Crippen LogP contribution in [0.2, 0.25) is 0 Å². The van der Waals surface area contributed by atoms with Crippen molar-refractivity contribution >= 4 is 53.5 Å². The molecule has 0 saturated carbocycles. The van der Waals surface area contributed by atoms with Gasteiger partial charge in [-0.1, -0.05) is 6.92 Å². The zero-order valence-electron chi connectivity index (χ0n) is 14.7. The highest BCUT2D eigenvalue weighted by Gasteiger charge is 2.33. The number of guanidine groups is 1. The largest absolute Gasteiger partial charge is 0.381 e. The van der Waals surface area contributed by atoms with Gasteiger partial charge in [-0.3, -0.25) is 4.99 Å². The van der Waals surface area contributed by atoms with Crippen LogP contribution in [0.1, 0.15) is 39.5 Å². The molecule has 136 valence electrons. The van der Waals surface area contributed by atoms with Crippen LogP contribution >= 0.6 is 47.5 Å². The molecule has 1 unspecified atom stereocenters. The van der Waals surface area contributed by atoms with Crippen molar-refractivity contribution in [2.75, 3.05) is 44.9 Å². The van der Waals surface area contributed by atoms with Gasteiger partial charge in [0.05, 0.1) is 0 Å². The van der Waals surface area contributed by atoms with Crippen molar-refractivity contribution in [3.8, 4) is 0 Å². The summed E-state index contributed by atoms with van der Waals surface area (Å²) in [4.78, 5) is 4.40. The van der Waals surface area contributed by atoms with Crippen molar-refractivity contribution in [2.45, 2.75) is 49.0 Å². The van der Waals surface area contributed by atoms with Crippen LogP contribution < -0.4 is 10.6 Å². The first-order valence-electron chi connectivity index (χ1n) is 8.42. The first kappa shape index (κ1) is 21.7. The van der Waals surface area contributed by atoms with Gasteiger partial charge in [0.1, 0.15) is 0 Å². The second kappa shape index (κ2) is 10.6. The summed E-state index contributed by atoms with van der Waals surface area (Å²) in [5, 5.41) is 7.09. The molecule has 23 heavy (non-hydrogen) atoms. The van der Waals surface area contributed by atoms with E-state index in [0.29, 0.717) is 9.49 Å². The fourth-order valence-electron chi connectivity index (χ4n) is 3.13. The van der Waals surface area contributed by atoms with Gasteiger partial charge >= 0.3 is 0 Å². The van der Waals surface area contributed by atoms with Crippen LogP contribution in [0, 0.1) is 0 Å². The smallest absolute Gasteiger partial charge is 0.191 e. The lowest BCUT2D eigenvalue weighted by molar-refractivity contribution is 0.0782. The summed E-state index contributed by atoms with van der Waals surface area (Å²) < 4.78 is 6.21. The van der Waals surface area contributed by atoms with Gasteiger partial charge in [0, 0.05) is 42.8 Å². The molecule has 0 aromatic heterocycles. The highest BCUT2D eigenvalue weighted by Crippen LogP contribution is 2.37. The van der Waals surface area contributed by atoms with E-state index in [1.807, 2.05) is 7.05 Å². The van der Waals surface area contributed by atoms with Gasteiger partial charge < -0.3 is 15.4 Å². The van der Waals surface area contributed by atoms with Gasteiger partial charge in [0.15, 0.2) is 5.96 Å². The number of hydrogen-bond donors (Lipinski definition) is 2. The topological polar surface area (TPSA) is 45.7 Å². The lowest BCUT2D eigenvalue weighted by atomic mass is 9.99. The molecule has 1 atom stereocenters. The predicted octanol–water partition coefficient (Wildman–Crippen LogP) is 3.36. The van der Waals surface area contributed by atoms with Crippen LogP contribution in [0.5, 0.6) is 0 Å². The molecule has 2 rings (SSSR count). The molecule has 0 amide bonds. The molecule has 2 fully saturated rings. The highest BCUT2D eigenvalue weighted by molar-refractivity contribution is 14.0. The summed E-state index contributed by atoms with van der Waals surface area (Å²) in [6.07, 6.45) is 4.89. The first-order chi connectivity index (χ1) is 10.6. The molecule has 0 radical (unpaired) electrons. The lowest BCUT2D eigenvalue weighted by Gasteiger charge is -2.37. The SMILES string of the molecule is CCSC1(CNC(=NC)NCC2(C)CCCS2)CCOCC1.I. The summed E-state index contributed by atoms with van der Waals surface area (Å²) >= 11 is 4.15. The van der Waals surface area contributed by atoms with Gasteiger partial charge in [0.2, 0.25) is 0 Å². The number of ether oxygens (including phenoxy) is 1. The van der Waals surface area contributed by atoms with E-state index in [0.717, 1.165) is 50.9 Å². The minimum absolute atomic E-state index is 0. The molecular formula is C16H32IN3OS2.